The van der Waals surface area contributed by atoms with Crippen molar-refractivity contribution < 1.29 is 0 Å². The third-order valence-corrected chi connectivity index (χ3v) is 3.28. The highest BCUT2D eigenvalue weighted by Crippen LogP contribution is 2.11. The average molecular weight is 249 g/mol. The van der Waals surface area contributed by atoms with Crippen molar-refractivity contribution in [3.8, 4) is 0 Å². The van der Waals surface area contributed by atoms with E-state index in [4.69, 9.17) is 0 Å². The molecular formula is C13H23N5. The van der Waals surface area contributed by atoms with Crippen molar-refractivity contribution in [3.63, 3.8) is 0 Å². The van der Waals surface area contributed by atoms with E-state index in [0.29, 0.717) is 11.9 Å². The van der Waals surface area contributed by atoms with Crippen LogP contribution in [0.1, 0.15) is 19.8 Å². The zero-order valence-corrected chi connectivity index (χ0v) is 11.3. The predicted molar refractivity (Wildman–Crippen MR) is 74.9 cm³/mol. The minimum atomic E-state index is 0.635. The molecule has 18 heavy (non-hydrogen) atoms. The van der Waals surface area contributed by atoms with Crippen LogP contribution in [0.15, 0.2) is 12.3 Å². The number of hydrogen-bond acceptors (Lipinski definition) is 5. The fraction of sp³-hybridized carbons (Fsp3) is 0.692. The molecule has 1 aliphatic heterocycles. The van der Waals surface area contributed by atoms with Gasteiger partial charge in [-0.3, -0.25) is 0 Å². The van der Waals surface area contributed by atoms with Gasteiger partial charge in [-0.25, -0.2) is 4.98 Å². The number of aromatic nitrogens is 2. The highest BCUT2D eigenvalue weighted by molar-refractivity contribution is 5.39. The molecule has 5 heteroatoms. The number of likely N-dealkylation sites (tertiary alicyclic amines) is 1. The molecule has 0 bridgehead atoms. The van der Waals surface area contributed by atoms with Crippen molar-refractivity contribution in [1.82, 2.24) is 14.9 Å². The molecule has 0 aromatic carbocycles. The Balaban J connectivity index is 1.75. The van der Waals surface area contributed by atoms with Gasteiger partial charge in [0, 0.05) is 26.3 Å². The Bertz CT molecular complexity index is 362. The molecule has 5 nitrogen and oxygen atoms in total. The van der Waals surface area contributed by atoms with Crippen molar-refractivity contribution in [2.75, 3.05) is 43.9 Å². The first-order valence-corrected chi connectivity index (χ1v) is 6.75. The Kier molecular flexibility index (Phi) is 4.75. The molecule has 1 fully saturated rings. The normalized spacial score (nSPS) is 17.7. The molecule has 1 aliphatic rings. The summed E-state index contributed by atoms with van der Waals surface area (Å²) in [6, 6.07) is 1.91. The lowest BCUT2D eigenvalue weighted by Gasteiger charge is -2.20. The molecule has 100 valence electrons. The lowest BCUT2D eigenvalue weighted by atomic mass is 10.1. The molecule has 1 atom stereocenters. The molecule has 2 N–H and O–H groups in total. The van der Waals surface area contributed by atoms with Crippen LogP contribution < -0.4 is 10.6 Å². The maximum atomic E-state index is 4.35. The van der Waals surface area contributed by atoms with Gasteiger partial charge in [-0.05, 0) is 37.9 Å². The van der Waals surface area contributed by atoms with Crippen molar-refractivity contribution in [1.29, 1.82) is 0 Å². The van der Waals surface area contributed by atoms with E-state index in [9.17, 15) is 0 Å². The molecule has 0 saturated carbocycles. The fourth-order valence-electron chi connectivity index (χ4n) is 2.33. The van der Waals surface area contributed by atoms with E-state index < -0.39 is 0 Å². The fourth-order valence-corrected chi connectivity index (χ4v) is 2.33. The van der Waals surface area contributed by atoms with Gasteiger partial charge < -0.3 is 15.5 Å². The monoisotopic (exact) mass is 249 g/mol. The minimum absolute atomic E-state index is 0.635. The summed E-state index contributed by atoms with van der Waals surface area (Å²) in [5, 5.41) is 6.32. The molecule has 2 heterocycles. The number of nitrogens with one attached hydrogen (secondary N) is 2. The first-order chi connectivity index (χ1) is 8.78. The number of anilines is 2. The Labute approximate surface area is 109 Å². The molecule has 0 spiro atoms. The standard InChI is InChI=1S/C13H23N5/c1-11(10-18-7-3-4-8-18)9-16-12-5-6-15-13(14-2)17-12/h5-6,11H,3-4,7-10H2,1-2H3,(H2,14,15,16,17). The Hall–Kier alpha value is -1.36. The zero-order chi connectivity index (χ0) is 12.8. The largest absolute Gasteiger partial charge is 0.370 e. The lowest BCUT2D eigenvalue weighted by Crippen LogP contribution is -2.29. The molecule has 1 aromatic heterocycles. The summed E-state index contributed by atoms with van der Waals surface area (Å²) >= 11 is 0. The van der Waals surface area contributed by atoms with Crippen LogP contribution >= 0.6 is 0 Å². The van der Waals surface area contributed by atoms with Gasteiger partial charge in [0.25, 0.3) is 0 Å². The van der Waals surface area contributed by atoms with Crippen molar-refractivity contribution >= 4 is 11.8 Å². The van der Waals surface area contributed by atoms with Crippen molar-refractivity contribution in [2.24, 2.45) is 5.92 Å². The molecule has 1 saturated heterocycles. The highest BCUT2D eigenvalue weighted by atomic mass is 15.1. The number of hydrogen-bond donors (Lipinski definition) is 2. The molecule has 1 unspecified atom stereocenters. The second-order valence-corrected chi connectivity index (χ2v) is 5.01. The van der Waals surface area contributed by atoms with E-state index in [2.05, 4.69) is 32.4 Å². The third kappa shape index (κ3) is 3.84. The molecule has 0 amide bonds. The van der Waals surface area contributed by atoms with E-state index in [0.717, 1.165) is 12.4 Å². The lowest BCUT2D eigenvalue weighted by molar-refractivity contribution is 0.294. The minimum Gasteiger partial charge on any atom is -0.370 e. The summed E-state index contributed by atoms with van der Waals surface area (Å²) < 4.78 is 0. The quantitative estimate of drug-likeness (QED) is 0.803. The molecular weight excluding hydrogens is 226 g/mol. The number of rotatable bonds is 6. The summed E-state index contributed by atoms with van der Waals surface area (Å²) in [5.74, 6) is 2.19. The Morgan fingerprint density at radius 2 is 2.17 bits per heavy atom. The Morgan fingerprint density at radius 3 is 2.89 bits per heavy atom. The predicted octanol–water partition coefficient (Wildman–Crippen LogP) is 1.66. The topological polar surface area (TPSA) is 53.1 Å². The smallest absolute Gasteiger partial charge is 0.224 e. The molecule has 1 aromatic rings. The van der Waals surface area contributed by atoms with Crippen LogP contribution in [0.4, 0.5) is 11.8 Å². The van der Waals surface area contributed by atoms with Crippen LogP contribution in [0.25, 0.3) is 0 Å². The van der Waals surface area contributed by atoms with E-state index in [1.807, 2.05) is 13.1 Å². The van der Waals surface area contributed by atoms with Gasteiger partial charge in [0.2, 0.25) is 5.95 Å². The number of nitrogens with zero attached hydrogens (tertiary/aromatic N) is 3. The van der Waals surface area contributed by atoms with E-state index in [-0.39, 0.29) is 0 Å². The van der Waals surface area contributed by atoms with Crippen LogP contribution in [0.5, 0.6) is 0 Å². The van der Waals surface area contributed by atoms with Crippen molar-refractivity contribution in [2.45, 2.75) is 19.8 Å². The maximum absolute atomic E-state index is 4.35. The maximum Gasteiger partial charge on any atom is 0.224 e. The zero-order valence-electron chi connectivity index (χ0n) is 11.3. The van der Waals surface area contributed by atoms with Gasteiger partial charge in [-0.2, -0.15) is 4.98 Å². The second kappa shape index (κ2) is 6.54. The first kappa shape index (κ1) is 13.1. The van der Waals surface area contributed by atoms with Gasteiger partial charge >= 0.3 is 0 Å². The van der Waals surface area contributed by atoms with Crippen molar-refractivity contribution in [3.05, 3.63) is 12.3 Å². The average Bonchev–Trinajstić information content (AvgIpc) is 2.89. The molecule has 0 radical (unpaired) electrons. The van der Waals surface area contributed by atoms with E-state index in [1.54, 1.807) is 6.20 Å². The second-order valence-electron chi connectivity index (χ2n) is 5.01. The summed E-state index contributed by atoms with van der Waals surface area (Å²) in [6.45, 7) is 6.95. The van der Waals surface area contributed by atoms with Crippen LogP contribution in [-0.4, -0.2) is 48.1 Å². The molecule has 0 aliphatic carbocycles. The molecule has 2 rings (SSSR count). The van der Waals surface area contributed by atoms with Crippen LogP contribution in [0.3, 0.4) is 0 Å². The summed E-state index contributed by atoms with van der Waals surface area (Å²) in [5.41, 5.74) is 0. The first-order valence-electron chi connectivity index (χ1n) is 6.75. The van der Waals surface area contributed by atoms with Gasteiger partial charge in [-0.15, -0.1) is 0 Å². The van der Waals surface area contributed by atoms with E-state index >= 15 is 0 Å². The van der Waals surface area contributed by atoms with Crippen LogP contribution in [0, 0.1) is 5.92 Å². The summed E-state index contributed by atoms with van der Waals surface area (Å²) in [7, 11) is 1.83. The third-order valence-electron chi connectivity index (χ3n) is 3.28. The van der Waals surface area contributed by atoms with Gasteiger partial charge in [0.05, 0.1) is 0 Å². The van der Waals surface area contributed by atoms with Gasteiger partial charge in [0.1, 0.15) is 5.82 Å². The van der Waals surface area contributed by atoms with Crippen LogP contribution in [-0.2, 0) is 0 Å². The van der Waals surface area contributed by atoms with Gasteiger partial charge in [-0.1, -0.05) is 6.92 Å². The van der Waals surface area contributed by atoms with Gasteiger partial charge in [0.15, 0.2) is 0 Å². The highest BCUT2D eigenvalue weighted by Gasteiger charge is 2.14. The summed E-state index contributed by atoms with van der Waals surface area (Å²) in [6.07, 6.45) is 4.49. The van der Waals surface area contributed by atoms with Crippen LogP contribution in [0.2, 0.25) is 0 Å². The summed E-state index contributed by atoms with van der Waals surface area (Å²) in [4.78, 5) is 11.0. The van der Waals surface area contributed by atoms with E-state index in [1.165, 1.54) is 32.5 Å². The SMILES string of the molecule is CNc1nccc(NCC(C)CN2CCCC2)n1. The Morgan fingerprint density at radius 1 is 1.39 bits per heavy atom.